The number of hydrogen-bond acceptors (Lipinski definition) is 2. The van der Waals surface area contributed by atoms with Crippen LogP contribution in [0.3, 0.4) is 0 Å². The molecule has 0 aromatic rings. The molecule has 0 bridgehead atoms. The minimum atomic E-state index is -3.25. The Hall–Kier alpha value is -0.670. The highest BCUT2D eigenvalue weighted by Gasteiger charge is 2.40. The first-order chi connectivity index (χ1) is 5.13. The normalized spacial score (nSPS) is 25.1. The van der Waals surface area contributed by atoms with Gasteiger partial charge in [-0.05, 0) is 19.3 Å². The zero-order valence-corrected chi connectivity index (χ0v) is 6.11. The summed E-state index contributed by atoms with van der Waals surface area (Å²) in [4.78, 5) is 10.5. The minimum absolute atomic E-state index is 0.133. The monoisotopic (exact) mass is 164 g/mol. The van der Waals surface area contributed by atoms with Gasteiger partial charge in [-0.25, -0.2) is 4.79 Å². The topological polar surface area (TPSA) is 26.3 Å². The van der Waals surface area contributed by atoms with Gasteiger partial charge < -0.3 is 4.74 Å². The van der Waals surface area contributed by atoms with Crippen LogP contribution in [0.4, 0.5) is 8.78 Å². The van der Waals surface area contributed by atoms with E-state index in [9.17, 15) is 13.6 Å². The fourth-order valence-electron chi connectivity index (χ4n) is 0.998. The molecule has 4 heteroatoms. The average molecular weight is 164 g/mol. The summed E-state index contributed by atoms with van der Waals surface area (Å²) in [6.07, 6.45) is 1.44. The van der Waals surface area contributed by atoms with Gasteiger partial charge in [0.1, 0.15) is 0 Å². The Morgan fingerprint density at radius 2 is 2.00 bits per heavy atom. The Morgan fingerprint density at radius 1 is 1.27 bits per heavy atom. The summed E-state index contributed by atoms with van der Waals surface area (Å²) in [6.45, 7) is 0.133. The molecule has 64 valence electrons. The molecular weight excluding hydrogens is 154 g/mol. The van der Waals surface area contributed by atoms with Gasteiger partial charge in [0.05, 0.1) is 6.61 Å². The van der Waals surface area contributed by atoms with Gasteiger partial charge in [-0.15, -0.1) is 0 Å². The van der Waals surface area contributed by atoms with Crippen molar-refractivity contribution in [2.45, 2.75) is 31.6 Å². The SMILES string of the molecule is O=C1OCCCCCC1(F)F. The molecule has 0 saturated carbocycles. The van der Waals surface area contributed by atoms with Crippen molar-refractivity contribution in [1.82, 2.24) is 0 Å². The zero-order chi connectivity index (χ0) is 8.32. The molecule has 2 nitrogen and oxygen atoms in total. The molecule has 1 rings (SSSR count). The van der Waals surface area contributed by atoms with E-state index in [0.717, 1.165) is 0 Å². The minimum Gasteiger partial charge on any atom is -0.461 e. The first-order valence-corrected chi connectivity index (χ1v) is 3.68. The average Bonchev–Trinajstić information content (AvgIpc) is 1.93. The predicted octanol–water partition coefficient (Wildman–Crippen LogP) is 1.74. The van der Waals surface area contributed by atoms with E-state index in [2.05, 4.69) is 4.74 Å². The van der Waals surface area contributed by atoms with Crippen LogP contribution in [0.5, 0.6) is 0 Å². The van der Waals surface area contributed by atoms with Crippen molar-refractivity contribution >= 4 is 5.97 Å². The third kappa shape index (κ3) is 2.13. The van der Waals surface area contributed by atoms with Crippen molar-refractivity contribution in [1.29, 1.82) is 0 Å². The van der Waals surface area contributed by atoms with Gasteiger partial charge in [-0.3, -0.25) is 0 Å². The molecule has 1 heterocycles. The summed E-state index contributed by atoms with van der Waals surface area (Å²) in [5.41, 5.74) is 0. The number of esters is 1. The number of carbonyl (C=O) groups is 1. The van der Waals surface area contributed by atoms with Crippen molar-refractivity contribution in [2.75, 3.05) is 6.61 Å². The van der Waals surface area contributed by atoms with Crippen LogP contribution in [-0.2, 0) is 9.53 Å². The maximum Gasteiger partial charge on any atom is 0.376 e. The van der Waals surface area contributed by atoms with Gasteiger partial charge in [-0.2, -0.15) is 8.78 Å². The highest BCUT2D eigenvalue weighted by molar-refractivity contribution is 5.77. The third-order valence-electron chi connectivity index (χ3n) is 1.67. The van der Waals surface area contributed by atoms with Crippen LogP contribution < -0.4 is 0 Å². The lowest BCUT2D eigenvalue weighted by Crippen LogP contribution is -2.32. The summed E-state index contributed by atoms with van der Waals surface area (Å²) in [5, 5.41) is 0. The van der Waals surface area contributed by atoms with Crippen molar-refractivity contribution < 1.29 is 18.3 Å². The first-order valence-electron chi connectivity index (χ1n) is 3.68. The highest BCUT2D eigenvalue weighted by atomic mass is 19.3. The van der Waals surface area contributed by atoms with Gasteiger partial charge in [0.2, 0.25) is 0 Å². The summed E-state index contributed by atoms with van der Waals surface area (Å²) >= 11 is 0. The molecule has 1 aliphatic heterocycles. The molecule has 0 N–H and O–H groups in total. The molecule has 0 unspecified atom stereocenters. The van der Waals surface area contributed by atoms with E-state index in [0.29, 0.717) is 19.3 Å². The molecule has 1 fully saturated rings. The fourth-order valence-corrected chi connectivity index (χ4v) is 0.998. The Balaban J connectivity index is 2.54. The molecule has 0 aliphatic carbocycles. The number of ether oxygens (including phenoxy) is 1. The number of halogens is 2. The molecule has 1 aliphatic rings. The van der Waals surface area contributed by atoms with Gasteiger partial charge in [0.15, 0.2) is 0 Å². The van der Waals surface area contributed by atoms with Crippen LogP contribution in [0.2, 0.25) is 0 Å². The largest absolute Gasteiger partial charge is 0.461 e. The van der Waals surface area contributed by atoms with Crippen LogP contribution in [0.1, 0.15) is 25.7 Å². The molecule has 0 amide bonds. The van der Waals surface area contributed by atoms with E-state index in [-0.39, 0.29) is 13.0 Å². The van der Waals surface area contributed by atoms with Crippen molar-refractivity contribution in [2.24, 2.45) is 0 Å². The van der Waals surface area contributed by atoms with Crippen LogP contribution in [0.15, 0.2) is 0 Å². The van der Waals surface area contributed by atoms with Gasteiger partial charge in [0, 0.05) is 6.42 Å². The highest BCUT2D eigenvalue weighted by Crippen LogP contribution is 2.25. The van der Waals surface area contributed by atoms with Crippen LogP contribution in [0.25, 0.3) is 0 Å². The number of cyclic esters (lactones) is 1. The number of rotatable bonds is 0. The summed E-state index contributed by atoms with van der Waals surface area (Å²) < 4.78 is 29.4. The molecule has 0 radical (unpaired) electrons. The van der Waals surface area contributed by atoms with Gasteiger partial charge in [-0.1, -0.05) is 0 Å². The van der Waals surface area contributed by atoms with E-state index in [4.69, 9.17) is 0 Å². The third-order valence-corrected chi connectivity index (χ3v) is 1.67. The van der Waals surface area contributed by atoms with Crippen LogP contribution in [-0.4, -0.2) is 18.5 Å². The molecule has 0 aromatic carbocycles. The quantitative estimate of drug-likeness (QED) is 0.510. The summed E-state index contributed by atoms with van der Waals surface area (Å²) in [7, 11) is 0. The molecule has 0 atom stereocenters. The lowest BCUT2D eigenvalue weighted by molar-refractivity contribution is -0.174. The predicted molar refractivity (Wildman–Crippen MR) is 34.4 cm³/mol. The molecule has 0 spiro atoms. The summed E-state index contributed by atoms with van der Waals surface area (Å²) in [6, 6.07) is 0. The lowest BCUT2D eigenvalue weighted by atomic mass is 10.1. The lowest BCUT2D eigenvalue weighted by Gasteiger charge is -2.17. The molecule has 11 heavy (non-hydrogen) atoms. The molecular formula is C7H10F2O2. The molecule has 1 saturated heterocycles. The van der Waals surface area contributed by atoms with E-state index < -0.39 is 11.9 Å². The van der Waals surface area contributed by atoms with Crippen molar-refractivity contribution in [3.8, 4) is 0 Å². The Kier molecular flexibility index (Phi) is 2.42. The van der Waals surface area contributed by atoms with E-state index in [1.54, 1.807) is 0 Å². The number of alkyl halides is 2. The molecule has 0 aromatic heterocycles. The fraction of sp³-hybridized carbons (Fsp3) is 0.857. The van der Waals surface area contributed by atoms with E-state index in [1.807, 2.05) is 0 Å². The van der Waals surface area contributed by atoms with Gasteiger partial charge in [0.25, 0.3) is 0 Å². The standard InChI is InChI=1S/C7H10F2O2/c8-7(9)4-2-1-3-5-11-6(7)10/h1-5H2. The zero-order valence-electron chi connectivity index (χ0n) is 6.11. The smallest absolute Gasteiger partial charge is 0.376 e. The second kappa shape index (κ2) is 3.15. The summed E-state index contributed by atoms with van der Waals surface area (Å²) in [5.74, 6) is -4.61. The van der Waals surface area contributed by atoms with Crippen molar-refractivity contribution in [3.63, 3.8) is 0 Å². The second-order valence-electron chi connectivity index (χ2n) is 2.65. The maximum atomic E-state index is 12.6. The number of hydrogen-bond donors (Lipinski definition) is 0. The second-order valence-corrected chi connectivity index (χ2v) is 2.65. The maximum absolute atomic E-state index is 12.6. The van der Waals surface area contributed by atoms with Crippen LogP contribution in [0, 0.1) is 0 Å². The van der Waals surface area contributed by atoms with Crippen molar-refractivity contribution in [3.05, 3.63) is 0 Å². The van der Waals surface area contributed by atoms with E-state index in [1.165, 1.54) is 0 Å². The number of carbonyl (C=O) groups excluding carboxylic acids is 1. The Bertz CT molecular complexity index is 157. The Morgan fingerprint density at radius 3 is 2.73 bits per heavy atom. The first kappa shape index (κ1) is 8.43. The van der Waals surface area contributed by atoms with E-state index >= 15 is 0 Å². The van der Waals surface area contributed by atoms with Crippen LogP contribution >= 0.6 is 0 Å². The van der Waals surface area contributed by atoms with Gasteiger partial charge >= 0.3 is 11.9 Å². The Labute approximate surface area is 63.5 Å².